The molecule has 1 saturated carbocycles. The normalized spacial score (nSPS) is 24.8. The van der Waals surface area contributed by atoms with E-state index in [1.807, 2.05) is 23.1 Å². The first-order valence-corrected chi connectivity index (χ1v) is 23.7. The Bertz CT molecular complexity index is 2430. The van der Waals surface area contributed by atoms with E-state index in [1.165, 1.54) is 0 Å². The van der Waals surface area contributed by atoms with Crippen LogP contribution in [0.2, 0.25) is 0 Å². The van der Waals surface area contributed by atoms with Crippen LogP contribution in [0, 0.1) is 12.6 Å². The number of benzene rings is 2. The van der Waals surface area contributed by atoms with Crippen LogP contribution in [0.1, 0.15) is 149 Å². The maximum atomic E-state index is 14.8. The second kappa shape index (κ2) is 19.5. The number of ether oxygens (including phenoxy) is 1. The van der Waals surface area contributed by atoms with E-state index < -0.39 is 29.7 Å². The molecule has 7 aliphatic rings. The topological polar surface area (TPSA) is 166 Å². The monoisotopic (exact) mass is 1070 g/mol. The van der Waals surface area contributed by atoms with Gasteiger partial charge in [-0.05, 0) is 125 Å². The van der Waals surface area contributed by atoms with E-state index >= 15 is 0 Å². The van der Waals surface area contributed by atoms with Crippen LogP contribution in [0.4, 0.5) is 15.9 Å². The molecule has 1 unspecified atom stereocenters. The number of hydrogen-bond donors (Lipinski definition) is 2. The Morgan fingerprint density at radius 3 is 2.44 bits per heavy atom. The summed E-state index contributed by atoms with van der Waals surface area (Å²) in [5.41, 5.74) is 6.26. The van der Waals surface area contributed by atoms with E-state index in [0.29, 0.717) is 62.1 Å². The van der Waals surface area contributed by atoms with Gasteiger partial charge in [-0.25, -0.2) is 0 Å². The summed E-state index contributed by atoms with van der Waals surface area (Å²) in [5, 5.41) is 10.7. The van der Waals surface area contributed by atoms with Crippen LogP contribution in [-0.2, 0) is 64.4 Å². The molecule has 6 amide bonds. The van der Waals surface area contributed by atoms with E-state index in [1.54, 1.807) is 19.1 Å². The Morgan fingerprint density at radius 2 is 1.68 bits per heavy atom. The number of carbonyl (C=O) groups excluding carboxylic acids is 6. The number of anilines is 2. The largest absolute Gasteiger partial charge is 0.381 e. The second-order valence-corrected chi connectivity index (χ2v) is 19.2. The third-order valence-electron chi connectivity index (χ3n) is 15.2. The van der Waals surface area contributed by atoms with Crippen molar-refractivity contribution in [2.24, 2.45) is 5.92 Å². The molecule has 6 aliphatic heterocycles. The van der Waals surface area contributed by atoms with Gasteiger partial charge in [0.15, 0.2) is 11.7 Å². The molecule has 2 atom stereocenters. The fourth-order valence-corrected chi connectivity index (χ4v) is 11.7. The summed E-state index contributed by atoms with van der Waals surface area (Å²) in [4.78, 5) is 85.0. The molecule has 348 valence electrons. The van der Waals surface area contributed by atoms with Crippen LogP contribution in [-0.4, -0.2) is 118 Å². The number of amides is 6. The van der Waals surface area contributed by atoms with Crippen LogP contribution < -0.4 is 15.5 Å². The van der Waals surface area contributed by atoms with Crippen molar-refractivity contribution in [3.8, 4) is 0 Å². The fourth-order valence-electron chi connectivity index (χ4n) is 11.7. The predicted molar refractivity (Wildman–Crippen MR) is 237 cm³/mol. The van der Waals surface area contributed by atoms with E-state index in [4.69, 9.17) is 9.84 Å². The second-order valence-electron chi connectivity index (χ2n) is 19.2. The molecular weight excluding hydrogens is 1010 g/mol. The molecule has 3 aromatic rings. The Labute approximate surface area is 403 Å². The first-order valence-electron chi connectivity index (χ1n) is 23.7. The van der Waals surface area contributed by atoms with E-state index in [2.05, 4.69) is 25.1 Å². The molecule has 7 heterocycles. The van der Waals surface area contributed by atoms with Crippen molar-refractivity contribution in [1.29, 1.82) is 0 Å². The van der Waals surface area contributed by atoms with Crippen molar-refractivity contribution in [1.82, 2.24) is 35.1 Å². The van der Waals surface area contributed by atoms with Crippen molar-refractivity contribution >= 4 is 46.9 Å². The fraction of sp³-hybridized carbons (Fsp3) is 0.551. The minimum atomic E-state index is -0.988. The van der Waals surface area contributed by atoms with E-state index in [9.17, 15) is 33.2 Å². The molecule has 3 saturated heterocycles. The molecule has 4 fully saturated rings. The molecule has 10 rings (SSSR count). The summed E-state index contributed by atoms with van der Waals surface area (Å²) in [6.07, 6.45) is 9.88. The molecule has 0 bridgehead atoms. The number of rotatable bonds is 9. The molecule has 17 heteroatoms. The Balaban J connectivity index is 0.00000548. The number of likely N-dealkylation sites (tertiary alicyclic amines) is 1. The number of hydrogen-bond acceptors (Lipinski definition) is 10. The van der Waals surface area contributed by atoms with Crippen LogP contribution in [0.15, 0.2) is 30.3 Å². The van der Waals surface area contributed by atoms with Gasteiger partial charge in [-0.15, -0.1) is 17.7 Å². The molecule has 0 radical (unpaired) electrons. The van der Waals surface area contributed by atoms with Crippen molar-refractivity contribution in [2.45, 2.75) is 121 Å². The molecular formula is C49H58FHfN8O7-. The van der Waals surface area contributed by atoms with E-state index in [-0.39, 0.29) is 74.1 Å². The number of halogens is 1. The molecule has 15 nitrogen and oxygen atoms in total. The number of aromatic nitrogens is 2. The first-order chi connectivity index (χ1) is 31.5. The van der Waals surface area contributed by atoms with Gasteiger partial charge in [0.25, 0.3) is 11.8 Å². The Hall–Kier alpha value is -4.74. The molecule has 1 aliphatic carbocycles. The van der Waals surface area contributed by atoms with Crippen LogP contribution in [0.5, 0.6) is 0 Å². The smallest absolute Gasteiger partial charge is 0.262 e. The average molecular weight is 1070 g/mol. The van der Waals surface area contributed by atoms with Gasteiger partial charge in [0.05, 0.1) is 23.7 Å². The zero-order chi connectivity index (χ0) is 44.9. The number of carbonyl (C=O) groups is 6. The van der Waals surface area contributed by atoms with Crippen LogP contribution in [0.25, 0.3) is 0 Å². The predicted octanol–water partition coefficient (Wildman–Crippen LogP) is 5.27. The van der Waals surface area contributed by atoms with Crippen molar-refractivity contribution < 1.29 is 63.7 Å². The third kappa shape index (κ3) is 8.91. The Kier molecular flexibility index (Phi) is 13.7. The summed E-state index contributed by atoms with van der Waals surface area (Å²) in [6.45, 7) is 8.11. The number of piperidine rings is 2. The zero-order valence-corrected chi connectivity index (χ0v) is 41.2. The van der Waals surface area contributed by atoms with Crippen LogP contribution >= 0.6 is 0 Å². The molecule has 66 heavy (non-hydrogen) atoms. The van der Waals surface area contributed by atoms with Crippen LogP contribution in [0.3, 0.4) is 0 Å². The minimum absolute atomic E-state index is 0. The van der Waals surface area contributed by atoms with Gasteiger partial charge in [-0.1, -0.05) is 11.6 Å². The summed E-state index contributed by atoms with van der Waals surface area (Å²) < 4.78 is 22.7. The third-order valence-corrected chi connectivity index (χ3v) is 15.2. The standard InChI is InChI=1S/C49H58FN8O7.Hf/c1-29(59)55-19-14-41-40(28-55)45(53-58(41)36-15-20-65-21-16-36)56-18-3-4-32-23-38(34(25-50)24-43(32)56)46(61)51-35-9-6-30(7-10-35)26-54-17-2-5-33(27-54)31-8-11-37-39(22-31)49(64)57(48(37)63)42-12-13-44(60)52-47(42)62;/h8,11,22-25,30,33,35-36,42H,2-7,9-10,12-21,26-28H2,1H3,(H,51,61)(H,52,60,62);/q-1;/t30?,33-,35?,42?;/m0./s1. The van der Waals surface area contributed by atoms with Crippen molar-refractivity contribution in [2.75, 3.05) is 50.8 Å². The van der Waals surface area contributed by atoms with Gasteiger partial charge < -0.3 is 24.8 Å². The molecule has 2 N–H and O–H groups in total. The number of nitrogens with zero attached hydrogens (tertiary/aromatic N) is 6. The van der Waals surface area contributed by atoms with Gasteiger partial charge in [0, 0.05) is 102 Å². The summed E-state index contributed by atoms with van der Waals surface area (Å²) in [7, 11) is 0. The van der Waals surface area contributed by atoms with Gasteiger partial charge in [0.1, 0.15) is 6.04 Å². The van der Waals surface area contributed by atoms with Gasteiger partial charge >= 0.3 is 0 Å². The molecule has 1 aromatic heterocycles. The van der Waals surface area contributed by atoms with Gasteiger partial charge in [-0.2, -0.15) is 5.10 Å². The summed E-state index contributed by atoms with van der Waals surface area (Å²) in [6, 6.07) is 8.36. The number of nitrogens with one attached hydrogen (secondary N) is 2. The number of fused-ring (bicyclic) bond motifs is 3. The maximum Gasteiger partial charge on any atom is 0.262 e. The van der Waals surface area contributed by atoms with Gasteiger partial charge in [-0.3, -0.25) is 48.1 Å². The summed E-state index contributed by atoms with van der Waals surface area (Å²) in [5.74, 6) is -0.740. The zero-order valence-electron chi connectivity index (χ0n) is 37.6. The maximum absolute atomic E-state index is 14.8. The summed E-state index contributed by atoms with van der Waals surface area (Å²) >= 11 is 0. The van der Waals surface area contributed by atoms with Gasteiger partial charge in [0.2, 0.25) is 17.7 Å². The number of aryl methyl sites for hydroxylation is 1. The molecule has 0 spiro atoms. The van der Waals surface area contributed by atoms with Crippen molar-refractivity contribution in [3.63, 3.8) is 0 Å². The molecule has 2 aromatic carbocycles. The Morgan fingerprint density at radius 1 is 0.894 bits per heavy atom. The van der Waals surface area contributed by atoms with Crippen molar-refractivity contribution in [3.05, 3.63) is 81.6 Å². The first kappa shape index (κ1) is 46.4. The quantitative estimate of drug-likeness (QED) is 0.164. The van der Waals surface area contributed by atoms with E-state index in [0.717, 1.165) is 129 Å². The SMILES string of the molecule is CC(=O)N1CCc2c(c(N3CCCc4cc(C(=O)NC5CCC(CN6CCC[C@H](c7ccc8c(c7)C(=O)N(C7CCC(=O)NC7=O)C8=O)C6)CC5)c([CH-]F)cc43)nn2C2CCOCC2)C1.[Hf]. The average Bonchev–Trinajstić information content (AvgIpc) is 3.82. The number of imide groups is 2. The minimum Gasteiger partial charge on any atom is -0.381 e.